The van der Waals surface area contributed by atoms with Crippen molar-refractivity contribution in [1.29, 1.82) is 0 Å². The standard InChI is InChI=1S/C7H5F3N2O4S/c8-7(9,10)17(15,16)12-5-1-4(6(13)14)2-11-3-5/h1-3,12H,(H,13,14). The number of nitrogens with zero attached hydrogens (tertiary/aromatic N) is 1. The van der Waals surface area contributed by atoms with Gasteiger partial charge in [0, 0.05) is 6.20 Å². The molecule has 0 unspecified atom stereocenters. The van der Waals surface area contributed by atoms with Crippen LogP contribution >= 0.6 is 0 Å². The summed E-state index contributed by atoms with van der Waals surface area (Å²) in [6, 6.07) is 0.721. The van der Waals surface area contributed by atoms with Crippen molar-refractivity contribution in [2.24, 2.45) is 0 Å². The number of pyridine rings is 1. The zero-order chi connectivity index (χ0) is 13.3. The van der Waals surface area contributed by atoms with Crippen molar-refractivity contribution >= 4 is 21.7 Å². The lowest BCUT2D eigenvalue weighted by Gasteiger charge is -2.10. The number of nitrogens with one attached hydrogen (secondary N) is 1. The quantitative estimate of drug-likeness (QED) is 0.855. The normalized spacial score (nSPS) is 12.2. The van der Waals surface area contributed by atoms with Crippen molar-refractivity contribution in [3.63, 3.8) is 0 Å². The Hall–Kier alpha value is -1.84. The molecule has 0 aliphatic heterocycles. The SMILES string of the molecule is O=C(O)c1cncc(NS(=O)(=O)C(F)(F)F)c1. The van der Waals surface area contributed by atoms with Gasteiger partial charge < -0.3 is 5.11 Å². The van der Waals surface area contributed by atoms with Crippen molar-refractivity contribution in [2.75, 3.05) is 4.72 Å². The number of rotatable bonds is 3. The summed E-state index contributed by atoms with van der Waals surface area (Å²) in [6.07, 6.45) is 1.63. The highest BCUT2D eigenvalue weighted by Crippen LogP contribution is 2.25. The van der Waals surface area contributed by atoms with Crippen LogP contribution in [0, 0.1) is 0 Å². The number of anilines is 1. The maximum Gasteiger partial charge on any atom is 0.516 e. The highest BCUT2D eigenvalue weighted by atomic mass is 32.2. The fourth-order valence-electron chi connectivity index (χ4n) is 0.826. The fraction of sp³-hybridized carbons (Fsp3) is 0.143. The van der Waals surface area contributed by atoms with Crippen LogP contribution in [0.25, 0.3) is 0 Å². The molecule has 0 saturated heterocycles. The molecule has 0 aromatic carbocycles. The lowest BCUT2D eigenvalue weighted by atomic mass is 10.3. The van der Waals surface area contributed by atoms with Gasteiger partial charge in [0.15, 0.2) is 0 Å². The molecule has 1 aromatic heterocycles. The van der Waals surface area contributed by atoms with Crippen molar-refractivity contribution in [3.05, 3.63) is 24.0 Å². The Kier molecular flexibility index (Phi) is 3.27. The van der Waals surface area contributed by atoms with Crippen LogP contribution in [-0.4, -0.2) is 30.0 Å². The summed E-state index contributed by atoms with van der Waals surface area (Å²) in [5, 5.41) is 8.53. The molecule has 2 N–H and O–H groups in total. The molecular weight excluding hydrogens is 265 g/mol. The molecule has 94 valence electrons. The molecule has 6 nitrogen and oxygen atoms in total. The average molecular weight is 270 g/mol. The molecule has 0 aliphatic carbocycles. The number of alkyl halides is 3. The number of halogens is 3. The van der Waals surface area contributed by atoms with Crippen molar-refractivity contribution in [1.82, 2.24) is 4.98 Å². The molecule has 0 saturated carbocycles. The molecule has 0 spiro atoms. The summed E-state index contributed by atoms with van der Waals surface area (Å²) in [6.45, 7) is 0. The second kappa shape index (κ2) is 4.20. The zero-order valence-corrected chi connectivity index (χ0v) is 8.71. The van der Waals surface area contributed by atoms with Crippen LogP contribution in [0.3, 0.4) is 0 Å². The Bertz CT molecular complexity index is 540. The predicted octanol–water partition coefficient (Wildman–Crippen LogP) is 1.04. The molecule has 0 atom stereocenters. The number of hydrogen-bond acceptors (Lipinski definition) is 4. The zero-order valence-electron chi connectivity index (χ0n) is 7.89. The van der Waals surface area contributed by atoms with E-state index < -0.39 is 32.8 Å². The average Bonchev–Trinajstić information content (AvgIpc) is 2.15. The largest absolute Gasteiger partial charge is 0.516 e. The lowest BCUT2D eigenvalue weighted by Crippen LogP contribution is -2.30. The Labute approximate surface area is 93.1 Å². The second-order valence-corrected chi connectivity index (χ2v) is 4.49. The topological polar surface area (TPSA) is 96.4 Å². The maximum atomic E-state index is 12.0. The minimum absolute atomic E-state index is 0.438. The smallest absolute Gasteiger partial charge is 0.478 e. The first kappa shape index (κ1) is 13.2. The van der Waals surface area contributed by atoms with Gasteiger partial charge in [0.2, 0.25) is 0 Å². The third kappa shape index (κ3) is 3.06. The number of carbonyl (C=O) groups is 1. The van der Waals surface area contributed by atoms with Crippen LogP contribution in [0.2, 0.25) is 0 Å². The van der Waals surface area contributed by atoms with E-state index in [4.69, 9.17) is 5.11 Å². The van der Waals surface area contributed by atoms with E-state index in [0.29, 0.717) is 0 Å². The second-order valence-electron chi connectivity index (χ2n) is 2.82. The number of aromatic carboxylic acids is 1. The third-order valence-corrected chi connectivity index (χ3v) is 2.66. The molecule has 0 bridgehead atoms. The summed E-state index contributed by atoms with van der Waals surface area (Å²) in [5.41, 5.74) is -6.50. The van der Waals surface area contributed by atoms with Gasteiger partial charge in [0.1, 0.15) is 0 Å². The van der Waals surface area contributed by atoms with Crippen LogP contribution in [0.4, 0.5) is 18.9 Å². The Morgan fingerprint density at radius 3 is 2.41 bits per heavy atom. The Balaban J connectivity index is 3.05. The number of hydrogen-bond donors (Lipinski definition) is 2. The molecule has 1 rings (SSSR count). The first-order valence-corrected chi connectivity index (χ1v) is 5.39. The van der Waals surface area contributed by atoms with Gasteiger partial charge in [-0.05, 0) is 6.07 Å². The van der Waals surface area contributed by atoms with E-state index in [9.17, 15) is 26.4 Å². The monoisotopic (exact) mass is 270 g/mol. The summed E-state index contributed by atoms with van der Waals surface area (Å²) < 4.78 is 58.5. The van der Waals surface area contributed by atoms with E-state index in [0.717, 1.165) is 18.5 Å². The highest BCUT2D eigenvalue weighted by Gasteiger charge is 2.46. The molecule has 17 heavy (non-hydrogen) atoms. The molecule has 0 radical (unpaired) electrons. The lowest BCUT2D eigenvalue weighted by molar-refractivity contribution is -0.0429. The molecule has 1 heterocycles. The van der Waals surface area contributed by atoms with Crippen LogP contribution in [0.15, 0.2) is 18.5 Å². The van der Waals surface area contributed by atoms with Gasteiger partial charge in [-0.15, -0.1) is 0 Å². The van der Waals surface area contributed by atoms with Gasteiger partial charge in [-0.1, -0.05) is 0 Å². The van der Waals surface area contributed by atoms with Crippen LogP contribution in [-0.2, 0) is 10.0 Å². The van der Waals surface area contributed by atoms with Crippen molar-refractivity contribution in [2.45, 2.75) is 5.51 Å². The van der Waals surface area contributed by atoms with Crippen LogP contribution < -0.4 is 4.72 Å². The number of carboxylic acids is 1. The van der Waals surface area contributed by atoms with Gasteiger partial charge in [-0.25, -0.2) is 4.79 Å². The number of sulfonamides is 1. The number of aromatic nitrogens is 1. The third-order valence-electron chi connectivity index (χ3n) is 1.54. The van der Waals surface area contributed by atoms with E-state index in [1.165, 1.54) is 4.72 Å². The van der Waals surface area contributed by atoms with E-state index >= 15 is 0 Å². The molecule has 10 heteroatoms. The van der Waals surface area contributed by atoms with E-state index in [-0.39, 0.29) is 0 Å². The van der Waals surface area contributed by atoms with Gasteiger partial charge >= 0.3 is 21.5 Å². The van der Waals surface area contributed by atoms with E-state index in [1.54, 1.807) is 0 Å². The molecule has 0 fully saturated rings. The fourth-order valence-corrected chi connectivity index (χ4v) is 1.36. The molecular formula is C7H5F3N2O4S. The van der Waals surface area contributed by atoms with Crippen LogP contribution in [0.5, 0.6) is 0 Å². The van der Waals surface area contributed by atoms with E-state index in [2.05, 4.69) is 4.98 Å². The minimum atomic E-state index is -5.58. The van der Waals surface area contributed by atoms with Gasteiger partial charge in [0.05, 0.1) is 17.4 Å². The summed E-state index contributed by atoms with van der Waals surface area (Å²) >= 11 is 0. The first-order chi connectivity index (χ1) is 7.63. The van der Waals surface area contributed by atoms with Gasteiger partial charge in [0.25, 0.3) is 0 Å². The summed E-state index contributed by atoms with van der Waals surface area (Å²) in [4.78, 5) is 13.8. The van der Waals surface area contributed by atoms with Crippen molar-refractivity contribution < 1.29 is 31.5 Å². The molecule has 0 aliphatic rings. The summed E-state index contributed by atoms with van der Waals surface area (Å²) in [7, 11) is -5.58. The number of carboxylic acid groups (broad SMARTS) is 1. The van der Waals surface area contributed by atoms with Crippen molar-refractivity contribution in [3.8, 4) is 0 Å². The maximum absolute atomic E-state index is 12.0. The predicted molar refractivity (Wildman–Crippen MR) is 49.8 cm³/mol. The van der Waals surface area contributed by atoms with Gasteiger partial charge in [-0.3, -0.25) is 9.71 Å². The first-order valence-electron chi connectivity index (χ1n) is 3.91. The molecule has 0 amide bonds. The Morgan fingerprint density at radius 2 is 1.94 bits per heavy atom. The summed E-state index contributed by atoms with van der Waals surface area (Å²) in [5.74, 6) is -1.44. The van der Waals surface area contributed by atoms with Gasteiger partial charge in [-0.2, -0.15) is 21.6 Å². The Morgan fingerprint density at radius 1 is 1.35 bits per heavy atom. The van der Waals surface area contributed by atoms with Crippen LogP contribution in [0.1, 0.15) is 10.4 Å². The minimum Gasteiger partial charge on any atom is -0.478 e. The highest BCUT2D eigenvalue weighted by molar-refractivity contribution is 7.93. The van der Waals surface area contributed by atoms with E-state index in [1.807, 2.05) is 0 Å². The molecule has 1 aromatic rings.